The average Bonchev–Trinajstić information content (AvgIpc) is 3.12. The molecule has 0 atom stereocenters. The summed E-state index contributed by atoms with van der Waals surface area (Å²) < 4.78 is 296. The lowest BCUT2D eigenvalue weighted by Gasteiger charge is -2.27. The van der Waals surface area contributed by atoms with Crippen molar-refractivity contribution >= 4 is 38.9 Å². The molecule has 8 aromatic carbocycles. The summed E-state index contributed by atoms with van der Waals surface area (Å²) in [6, 6.07) is -34.3. The second-order valence-corrected chi connectivity index (χ2v) is 10.1. The summed E-state index contributed by atoms with van der Waals surface area (Å²) in [4.78, 5) is 0.247. The van der Waals surface area contributed by atoms with Gasteiger partial charge in [-0.1, -0.05) is 139 Å². The molecule has 2 heteroatoms. The number of fused-ring (bicyclic) bond motifs is 3. The predicted octanol–water partition coefficient (Wildman–Crippen LogP) is 13.3. The van der Waals surface area contributed by atoms with Crippen LogP contribution in [-0.2, 0) is 0 Å². The third-order valence-electron chi connectivity index (χ3n) is 7.19. The van der Waals surface area contributed by atoms with Crippen molar-refractivity contribution in [1.82, 2.24) is 4.57 Å². The first kappa shape index (κ1) is 10.9. The topological polar surface area (TPSA) is 8.17 Å². The number of para-hydroxylation sites is 2. The van der Waals surface area contributed by atoms with Gasteiger partial charge in [-0.2, -0.15) is 0 Å². The largest absolute Gasteiger partial charge is 0.310 e. The van der Waals surface area contributed by atoms with Crippen molar-refractivity contribution in [1.29, 1.82) is 0 Å². The molecule has 0 aliphatic carbocycles. The van der Waals surface area contributed by atoms with E-state index in [0.29, 0.717) is 0 Å². The zero-order valence-electron chi connectivity index (χ0n) is 58.0. The van der Waals surface area contributed by atoms with E-state index in [1.54, 1.807) is 0 Å². The summed E-state index contributed by atoms with van der Waals surface area (Å²) in [5.41, 5.74) is -11.4. The second-order valence-electron chi connectivity index (χ2n) is 10.1. The maximum absolute atomic E-state index is 9.99. The molecule has 1 heterocycles. The molecule has 1 aromatic heterocycles. The van der Waals surface area contributed by atoms with Crippen molar-refractivity contribution in [2.24, 2.45) is 0 Å². The van der Waals surface area contributed by atoms with Crippen molar-refractivity contribution in [3.63, 3.8) is 0 Å². The summed E-state index contributed by atoms with van der Waals surface area (Å²) in [6.07, 6.45) is 0. The molecule has 0 spiro atoms. The van der Waals surface area contributed by atoms with Crippen molar-refractivity contribution in [2.45, 2.75) is 0 Å². The van der Waals surface area contributed by atoms with Crippen LogP contribution in [0, 0.1) is 0 Å². The smallest absolute Gasteiger partial charge is 0.0651 e. The number of benzene rings is 8. The van der Waals surface area contributed by atoms with Gasteiger partial charge in [-0.15, -0.1) is 0 Å². The number of nitrogens with zero attached hydrogens (tertiary/aromatic N) is 2. The molecule has 9 rings (SSSR count). The third-order valence-corrected chi connectivity index (χ3v) is 7.19. The maximum atomic E-state index is 9.99. The van der Waals surface area contributed by atoms with Crippen LogP contribution in [0.2, 0.25) is 0 Å². The Morgan fingerprint density at radius 2 is 0.840 bits per heavy atom. The Hall–Kier alpha value is -6.64. The van der Waals surface area contributed by atoms with Crippen LogP contribution >= 0.6 is 0 Å². The monoisotopic (exact) mass is 671 g/mol. The molecule has 0 radical (unpaired) electrons. The van der Waals surface area contributed by atoms with Gasteiger partial charge in [-0.25, -0.2) is 0 Å². The van der Waals surface area contributed by atoms with Crippen LogP contribution in [-0.4, -0.2) is 4.57 Å². The summed E-state index contributed by atoms with van der Waals surface area (Å²) in [5, 5.41) is -1.26. The fourth-order valence-corrected chi connectivity index (χ4v) is 5.04. The van der Waals surface area contributed by atoms with E-state index in [1.165, 1.54) is 0 Å². The van der Waals surface area contributed by atoms with Crippen LogP contribution in [0.15, 0.2) is 205 Å². The zero-order valence-corrected chi connectivity index (χ0v) is 25.0. The Bertz CT molecular complexity index is 4400. The first-order valence-electron chi connectivity index (χ1n) is 30.9. The van der Waals surface area contributed by atoms with E-state index in [4.69, 9.17) is 27.4 Å². The Balaban J connectivity index is 1.51. The molecule has 9 aromatic rings. The molecule has 0 N–H and O–H groups in total. The molecular weight excluding hydrogens is 605 g/mol. The highest BCUT2D eigenvalue weighted by molar-refractivity contribution is 6.10. The number of anilines is 3. The van der Waals surface area contributed by atoms with Crippen LogP contribution in [0.3, 0.4) is 0 Å². The Kier molecular flexibility index (Phi) is 2.79. The van der Waals surface area contributed by atoms with E-state index in [1.807, 2.05) is 0 Å². The SMILES string of the molecule is [2H]c1cc(-n2c3c([2H])c([2H])c([2H])c([2H])c3c3c([2H])c(-c4c([2H])c([2H])c([2H])c(N(c5c([2H])c([2H])c(-c6c([2H])c([2H])c([2H])c([2H])c6[2H])c([2H])c5[2H])c5c([2H])c([2H])c([2H])c(-c6c([2H])c([2H])c([2H])c([2H])c6[2H])c5[2H])c4[2H])c([2H])c([2H])c32)c([2H])c([2H])c1[2H]. The minimum atomic E-state index is -1.35. The Morgan fingerprint density at radius 3 is 1.56 bits per heavy atom. The molecule has 236 valence electrons. The average molecular weight is 672 g/mol. The van der Waals surface area contributed by atoms with Gasteiger partial charge in [-0.05, 0) is 99.9 Å². The summed E-state index contributed by atoms with van der Waals surface area (Å²) in [6.45, 7) is 0. The molecule has 0 aliphatic heterocycles. The normalized spacial score (nSPS) is 20.4. The molecule has 0 aliphatic rings. The number of rotatable bonds is 7. The molecule has 0 saturated heterocycles. The van der Waals surface area contributed by atoms with Crippen molar-refractivity contribution < 1.29 is 45.2 Å². The lowest BCUT2D eigenvalue weighted by molar-refractivity contribution is 1.18. The van der Waals surface area contributed by atoms with Gasteiger partial charge in [0.1, 0.15) is 0 Å². The van der Waals surface area contributed by atoms with Gasteiger partial charge >= 0.3 is 0 Å². The number of aromatic nitrogens is 1. The minimum absolute atomic E-state index is 0.247. The summed E-state index contributed by atoms with van der Waals surface area (Å²) in [7, 11) is 0. The van der Waals surface area contributed by atoms with Crippen LogP contribution < -0.4 is 4.90 Å². The van der Waals surface area contributed by atoms with Gasteiger partial charge in [0.2, 0.25) is 0 Å². The molecular formula is C48H34N2. The zero-order chi connectivity index (χ0) is 62.0. The van der Waals surface area contributed by atoms with E-state index < -0.39 is 277 Å². The van der Waals surface area contributed by atoms with Gasteiger partial charge in [-0.3, -0.25) is 0 Å². The minimum Gasteiger partial charge on any atom is -0.310 e. The first-order chi connectivity index (χ1) is 38.5. The van der Waals surface area contributed by atoms with Gasteiger partial charge in [0.15, 0.2) is 0 Å². The molecule has 0 saturated carbocycles. The molecule has 0 amide bonds. The van der Waals surface area contributed by atoms with Crippen LogP contribution in [0.5, 0.6) is 0 Å². The summed E-state index contributed by atoms with van der Waals surface area (Å²) in [5.74, 6) is 0. The highest BCUT2D eigenvalue weighted by Gasteiger charge is 2.17. The van der Waals surface area contributed by atoms with E-state index in [2.05, 4.69) is 0 Å². The second kappa shape index (κ2) is 12.8. The Labute approximate surface area is 339 Å². The highest BCUT2D eigenvalue weighted by Crippen LogP contribution is 2.40. The van der Waals surface area contributed by atoms with E-state index in [0.717, 1.165) is 10.6 Å². The molecule has 2 nitrogen and oxygen atoms in total. The fraction of sp³-hybridized carbons (Fsp3) is 0. The third kappa shape index (κ3) is 5.43. The van der Waals surface area contributed by atoms with E-state index in [-0.39, 0.29) is 4.90 Å². The first-order valence-corrected chi connectivity index (χ1v) is 14.4. The van der Waals surface area contributed by atoms with Crippen molar-refractivity contribution in [2.75, 3.05) is 4.90 Å². The number of hydrogen-bond donors (Lipinski definition) is 0. The highest BCUT2D eigenvalue weighted by atomic mass is 15.1. The van der Waals surface area contributed by atoms with Gasteiger partial charge < -0.3 is 9.47 Å². The maximum Gasteiger partial charge on any atom is 0.0651 e. The lowest BCUT2D eigenvalue weighted by Crippen LogP contribution is -2.10. The lowest BCUT2D eigenvalue weighted by atomic mass is 10.0. The predicted molar refractivity (Wildman–Crippen MR) is 212 cm³/mol. The number of hydrogen-bond acceptors (Lipinski definition) is 1. The van der Waals surface area contributed by atoms with Crippen LogP contribution in [0.25, 0.3) is 60.9 Å². The van der Waals surface area contributed by atoms with Crippen LogP contribution in [0.1, 0.15) is 45.2 Å². The van der Waals surface area contributed by atoms with Crippen molar-refractivity contribution in [3.05, 3.63) is 205 Å². The van der Waals surface area contributed by atoms with E-state index >= 15 is 0 Å². The molecule has 0 unspecified atom stereocenters. The van der Waals surface area contributed by atoms with Crippen molar-refractivity contribution in [3.8, 4) is 39.1 Å². The van der Waals surface area contributed by atoms with E-state index in [9.17, 15) is 17.8 Å². The summed E-state index contributed by atoms with van der Waals surface area (Å²) >= 11 is 0. The van der Waals surface area contributed by atoms with Gasteiger partial charge in [0, 0.05) is 33.5 Å². The molecule has 50 heavy (non-hydrogen) atoms. The molecule has 0 fully saturated rings. The quantitative estimate of drug-likeness (QED) is 0.164. The fourth-order valence-electron chi connectivity index (χ4n) is 5.04. The Morgan fingerprint density at radius 1 is 0.340 bits per heavy atom. The molecule has 0 bridgehead atoms. The van der Waals surface area contributed by atoms with Gasteiger partial charge in [0.25, 0.3) is 0 Å². The van der Waals surface area contributed by atoms with Crippen LogP contribution in [0.4, 0.5) is 17.1 Å². The standard InChI is InChI=1S/C48H34N2/c1-4-14-35(15-5-1)37-26-29-42(30-27-37)49(43-22-12-18-38(32-43)36-16-6-2-7-17-36)44-23-13-19-39(33-44)40-28-31-48-46(34-40)45-24-10-11-25-47(45)50(48)41-20-8-3-9-21-41/h1-34H/i1D,2D,3D,4D,5D,6D,7D,8D,9D,10D,11D,12D,13D,14D,15D,16D,17D,18D,19D,20D,22D,23D,24D,25D,26D,27D,28D,29D,30D,31D,32D,33D,34D. The van der Waals surface area contributed by atoms with Gasteiger partial charge in [0.05, 0.1) is 56.3 Å².